The molecule has 0 atom stereocenters. The number of hydrogen-bond donors (Lipinski definition) is 0. The molecule has 30 heavy (non-hydrogen) atoms. The molecule has 0 bridgehead atoms. The van der Waals surface area contributed by atoms with Crippen LogP contribution in [0.1, 0.15) is 34.8 Å². The molecule has 3 heterocycles. The third kappa shape index (κ3) is 3.74. The molecule has 7 nitrogen and oxygen atoms in total. The molecule has 1 amide bonds. The maximum Gasteiger partial charge on any atom is 0.293 e. The lowest BCUT2D eigenvalue weighted by atomic mass is 10.0. The van der Waals surface area contributed by atoms with Crippen molar-refractivity contribution in [3.8, 4) is 5.69 Å². The number of carbonyl (C=O) groups excluding carboxylic acids is 1. The van der Waals surface area contributed by atoms with Crippen molar-refractivity contribution in [1.29, 1.82) is 0 Å². The molecule has 5 rings (SSSR count). The largest absolute Gasteiger partial charge is 0.347 e. The monoisotopic (exact) mass is 404 g/mol. The highest BCUT2D eigenvalue weighted by atomic mass is 16.7. The second kappa shape index (κ2) is 8.01. The van der Waals surface area contributed by atoms with Gasteiger partial charge in [-0.1, -0.05) is 48.5 Å². The molecule has 1 spiro atoms. The molecule has 0 aliphatic carbocycles. The fraction of sp³-hybridized carbons (Fsp3) is 0.348. The summed E-state index contributed by atoms with van der Waals surface area (Å²) >= 11 is 0. The summed E-state index contributed by atoms with van der Waals surface area (Å²) in [6, 6.07) is 19.9. The fourth-order valence-corrected chi connectivity index (χ4v) is 4.08. The third-order valence-corrected chi connectivity index (χ3v) is 5.70. The molecule has 0 saturated carbocycles. The Morgan fingerprint density at radius 3 is 2.23 bits per heavy atom. The standard InChI is InChI=1S/C23H24N4O3/c28-22(26-13-11-23(12-14-26)29-15-16-30-23)21-24-20(17-18-7-3-1-4-8-18)27(25-21)19-9-5-2-6-10-19/h1-10H,11-17H2. The summed E-state index contributed by atoms with van der Waals surface area (Å²) in [5.41, 5.74) is 2.01. The lowest BCUT2D eigenvalue weighted by molar-refractivity contribution is -0.181. The van der Waals surface area contributed by atoms with Gasteiger partial charge in [-0.2, -0.15) is 0 Å². The summed E-state index contributed by atoms with van der Waals surface area (Å²) in [6.07, 6.45) is 1.95. The summed E-state index contributed by atoms with van der Waals surface area (Å²) in [7, 11) is 0. The summed E-state index contributed by atoms with van der Waals surface area (Å²) in [5, 5.41) is 4.59. The molecule has 1 aromatic heterocycles. The zero-order chi connectivity index (χ0) is 20.4. The number of likely N-dealkylation sites (tertiary alicyclic amines) is 1. The predicted molar refractivity (Wildman–Crippen MR) is 110 cm³/mol. The number of amides is 1. The van der Waals surface area contributed by atoms with Gasteiger partial charge < -0.3 is 14.4 Å². The Balaban J connectivity index is 1.40. The van der Waals surface area contributed by atoms with Crippen LogP contribution in [-0.4, -0.2) is 57.7 Å². The van der Waals surface area contributed by atoms with Crippen molar-refractivity contribution >= 4 is 5.91 Å². The van der Waals surface area contributed by atoms with Crippen LogP contribution in [0.2, 0.25) is 0 Å². The minimum atomic E-state index is -0.508. The highest BCUT2D eigenvalue weighted by Crippen LogP contribution is 2.31. The van der Waals surface area contributed by atoms with Crippen LogP contribution < -0.4 is 0 Å². The van der Waals surface area contributed by atoms with Crippen molar-refractivity contribution in [3.63, 3.8) is 0 Å². The van der Waals surface area contributed by atoms with E-state index >= 15 is 0 Å². The van der Waals surface area contributed by atoms with Crippen molar-refractivity contribution in [2.45, 2.75) is 25.0 Å². The van der Waals surface area contributed by atoms with Crippen LogP contribution in [0, 0.1) is 0 Å². The average molecular weight is 404 g/mol. The Morgan fingerprint density at radius 1 is 0.933 bits per heavy atom. The zero-order valence-electron chi connectivity index (χ0n) is 16.7. The van der Waals surface area contributed by atoms with E-state index in [1.54, 1.807) is 9.58 Å². The number of piperidine rings is 1. The van der Waals surface area contributed by atoms with Crippen molar-refractivity contribution in [2.75, 3.05) is 26.3 Å². The first-order valence-electron chi connectivity index (χ1n) is 10.3. The second-order valence-corrected chi connectivity index (χ2v) is 7.66. The van der Waals surface area contributed by atoms with Crippen molar-refractivity contribution in [2.24, 2.45) is 0 Å². The van der Waals surface area contributed by atoms with Gasteiger partial charge in [0.2, 0.25) is 5.82 Å². The molecule has 2 fully saturated rings. The van der Waals surface area contributed by atoms with Crippen LogP contribution in [0.3, 0.4) is 0 Å². The number of nitrogens with zero attached hydrogens (tertiary/aromatic N) is 4. The normalized spacial score (nSPS) is 18.1. The van der Waals surface area contributed by atoms with E-state index in [0.717, 1.165) is 17.1 Å². The Hall–Kier alpha value is -3.03. The number of carbonyl (C=O) groups is 1. The van der Waals surface area contributed by atoms with Gasteiger partial charge in [-0.25, -0.2) is 9.67 Å². The summed E-state index contributed by atoms with van der Waals surface area (Å²) in [5.74, 6) is 0.319. The SMILES string of the molecule is O=C(c1nc(Cc2ccccc2)n(-c2ccccc2)n1)N1CCC2(CC1)OCCO2. The second-order valence-electron chi connectivity index (χ2n) is 7.66. The smallest absolute Gasteiger partial charge is 0.293 e. The maximum absolute atomic E-state index is 13.2. The average Bonchev–Trinajstić information content (AvgIpc) is 3.43. The minimum absolute atomic E-state index is 0.146. The van der Waals surface area contributed by atoms with Gasteiger partial charge in [0.1, 0.15) is 5.82 Å². The quantitative estimate of drug-likeness (QED) is 0.669. The topological polar surface area (TPSA) is 69.5 Å². The van der Waals surface area contributed by atoms with E-state index in [9.17, 15) is 4.79 Å². The van der Waals surface area contributed by atoms with Crippen molar-refractivity contribution in [1.82, 2.24) is 19.7 Å². The molecule has 7 heteroatoms. The van der Waals surface area contributed by atoms with Gasteiger partial charge in [-0.3, -0.25) is 4.79 Å². The number of rotatable bonds is 4. The first kappa shape index (κ1) is 19.0. The van der Waals surface area contributed by atoms with Crippen LogP contribution in [-0.2, 0) is 15.9 Å². The van der Waals surface area contributed by atoms with Gasteiger partial charge in [0.05, 0.1) is 18.9 Å². The molecule has 154 valence electrons. The lowest BCUT2D eigenvalue weighted by Crippen LogP contribution is -2.47. The number of ether oxygens (including phenoxy) is 2. The number of aromatic nitrogens is 3. The molecule has 0 N–H and O–H groups in total. The molecule has 2 saturated heterocycles. The van der Waals surface area contributed by atoms with Crippen LogP contribution in [0.5, 0.6) is 0 Å². The molecular formula is C23H24N4O3. The van der Waals surface area contributed by atoms with Gasteiger partial charge in [-0.15, -0.1) is 5.10 Å². The van der Waals surface area contributed by atoms with Crippen molar-refractivity contribution < 1.29 is 14.3 Å². The molecule has 2 aliphatic heterocycles. The lowest BCUT2D eigenvalue weighted by Gasteiger charge is -2.37. The predicted octanol–water partition coefficient (Wildman–Crippen LogP) is 2.84. The van der Waals surface area contributed by atoms with E-state index in [4.69, 9.17) is 9.47 Å². The first-order valence-corrected chi connectivity index (χ1v) is 10.3. The van der Waals surface area contributed by atoms with E-state index in [1.807, 2.05) is 48.5 Å². The Kier molecular flexibility index (Phi) is 5.06. The summed E-state index contributed by atoms with van der Waals surface area (Å²) < 4.78 is 13.3. The summed E-state index contributed by atoms with van der Waals surface area (Å²) in [6.45, 7) is 2.40. The van der Waals surface area contributed by atoms with Gasteiger partial charge in [0.25, 0.3) is 5.91 Å². The highest BCUT2D eigenvalue weighted by Gasteiger charge is 2.41. The molecule has 2 aliphatic rings. The highest BCUT2D eigenvalue weighted by molar-refractivity contribution is 5.90. The fourth-order valence-electron chi connectivity index (χ4n) is 4.08. The van der Waals surface area contributed by atoms with E-state index in [2.05, 4.69) is 22.2 Å². The van der Waals surface area contributed by atoms with Gasteiger partial charge in [0, 0.05) is 32.4 Å². The van der Waals surface area contributed by atoms with Crippen LogP contribution in [0.15, 0.2) is 60.7 Å². The zero-order valence-corrected chi connectivity index (χ0v) is 16.7. The van der Waals surface area contributed by atoms with E-state index < -0.39 is 5.79 Å². The van der Waals surface area contributed by atoms with Crippen LogP contribution >= 0.6 is 0 Å². The van der Waals surface area contributed by atoms with E-state index in [-0.39, 0.29) is 11.7 Å². The minimum Gasteiger partial charge on any atom is -0.347 e. The Labute approximate surface area is 175 Å². The number of hydrogen-bond acceptors (Lipinski definition) is 5. The van der Waals surface area contributed by atoms with Crippen LogP contribution in [0.25, 0.3) is 5.69 Å². The Morgan fingerprint density at radius 2 is 1.57 bits per heavy atom. The number of benzene rings is 2. The van der Waals surface area contributed by atoms with E-state index in [0.29, 0.717) is 45.6 Å². The van der Waals surface area contributed by atoms with E-state index in [1.165, 1.54) is 0 Å². The molecule has 2 aromatic carbocycles. The first-order chi connectivity index (χ1) is 14.7. The number of para-hydroxylation sites is 1. The molecule has 0 unspecified atom stereocenters. The third-order valence-electron chi connectivity index (χ3n) is 5.70. The Bertz CT molecular complexity index is 1000. The molecule has 0 radical (unpaired) electrons. The molecule has 3 aromatic rings. The van der Waals surface area contributed by atoms with Crippen molar-refractivity contribution in [3.05, 3.63) is 77.9 Å². The van der Waals surface area contributed by atoms with Gasteiger partial charge in [0.15, 0.2) is 5.79 Å². The van der Waals surface area contributed by atoms with Crippen LogP contribution in [0.4, 0.5) is 0 Å². The maximum atomic E-state index is 13.2. The van der Waals surface area contributed by atoms with Gasteiger partial charge in [-0.05, 0) is 17.7 Å². The summed E-state index contributed by atoms with van der Waals surface area (Å²) in [4.78, 5) is 19.6. The van der Waals surface area contributed by atoms with Gasteiger partial charge >= 0.3 is 0 Å². The molecular weight excluding hydrogens is 380 g/mol.